The molecule has 0 atom stereocenters. The second-order valence-corrected chi connectivity index (χ2v) is 9.52. The van der Waals surface area contributed by atoms with Crippen molar-refractivity contribution in [3.8, 4) is 11.1 Å². The van der Waals surface area contributed by atoms with E-state index in [4.69, 9.17) is 5.73 Å². The molecule has 3 heterocycles. The molecule has 0 unspecified atom stereocenters. The van der Waals surface area contributed by atoms with Crippen molar-refractivity contribution in [3.63, 3.8) is 0 Å². The van der Waals surface area contributed by atoms with Crippen LogP contribution in [0.3, 0.4) is 0 Å². The first-order chi connectivity index (χ1) is 16.0. The number of hydrogen-bond acceptors (Lipinski definition) is 3. The average Bonchev–Trinajstić information content (AvgIpc) is 3.52. The van der Waals surface area contributed by atoms with E-state index in [0.29, 0.717) is 5.70 Å². The number of benzene rings is 2. The van der Waals surface area contributed by atoms with Crippen LogP contribution in [0, 0.1) is 5.92 Å². The van der Waals surface area contributed by atoms with Crippen molar-refractivity contribution >= 4 is 38.8 Å². The summed E-state index contributed by atoms with van der Waals surface area (Å²) in [5.41, 5.74) is 17.7. The van der Waals surface area contributed by atoms with Gasteiger partial charge in [-0.25, -0.2) is 0 Å². The molecule has 4 nitrogen and oxygen atoms in total. The van der Waals surface area contributed by atoms with Gasteiger partial charge in [-0.2, -0.15) is 0 Å². The number of aliphatic imine (C=N–C) groups is 1. The largest absolute Gasteiger partial charge is 0.399 e. The quantitative estimate of drug-likeness (QED) is 0.394. The van der Waals surface area contributed by atoms with Crippen molar-refractivity contribution in [2.45, 2.75) is 33.2 Å². The highest BCUT2D eigenvalue weighted by molar-refractivity contribution is 6.26. The molecule has 2 N–H and O–H groups in total. The second-order valence-electron chi connectivity index (χ2n) is 9.52. The highest BCUT2D eigenvalue weighted by Gasteiger charge is 2.26. The maximum atomic E-state index is 6.41. The fraction of sp³-hybridized carbons (Fsp3) is 0.241. The van der Waals surface area contributed by atoms with Crippen LogP contribution in [0.4, 0.5) is 0 Å². The summed E-state index contributed by atoms with van der Waals surface area (Å²) in [6.07, 6.45) is 6.29. The van der Waals surface area contributed by atoms with E-state index in [-0.39, 0.29) is 0 Å². The number of aromatic nitrogens is 2. The zero-order valence-electron chi connectivity index (χ0n) is 19.2. The number of pyridine rings is 1. The molecule has 2 aliphatic rings. The molecule has 0 radical (unpaired) electrons. The Hall–Kier alpha value is -3.66. The van der Waals surface area contributed by atoms with Crippen molar-refractivity contribution in [3.05, 3.63) is 78.1 Å². The molecule has 4 aromatic rings. The van der Waals surface area contributed by atoms with E-state index < -0.39 is 0 Å². The van der Waals surface area contributed by atoms with Gasteiger partial charge in [-0.3, -0.25) is 9.98 Å². The van der Waals surface area contributed by atoms with Gasteiger partial charge in [0, 0.05) is 57.8 Å². The normalized spacial score (nSPS) is 16.1. The lowest BCUT2D eigenvalue weighted by Crippen LogP contribution is -2.05. The predicted octanol–water partition coefficient (Wildman–Crippen LogP) is 6.44. The number of fused-ring (bicyclic) bond motifs is 3. The number of nitrogens with zero attached hydrogens (tertiary/aromatic N) is 3. The van der Waals surface area contributed by atoms with Crippen molar-refractivity contribution in [1.82, 2.24) is 9.55 Å². The van der Waals surface area contributed by atoms with Gasteiger partial charge in [-0.15, -0.1) is 0 Å². The minimum atomic E-state index is 0.613. The Bertz CT molecular complexity index is 1500. The summed E-state index contributed by atoms with van der Waals surface area (Å²) in [4.78, 5) is 8.85. The molecule has 0 saturated heterocycles. The average molecular weight is 433 g/mol. The van der Waals surface area contributed by atoms with Gasteiger partial charge in [0.2, 0.25) is 0 Å². The third-order valence-corrected chi connectivity index (χ3v) is 7.09. The summed E-state index contributed by atoms with van der Waals surface area (Å²) >= 11 is 0. The number of rotatable bonds is 5. The van der Waals surface area contributed by atoms with Crippen LogP contribution in [0.15, 0.2) is 72.0 Å². The van der Waals surface area contributed by atoms with Crippen LogP contribution >= 0.6 is 0 Å². The first-order valence-corrected chi connectivity index (χ1v) is 11.7. The van der Waals surface area contributed by atoms with Crippen LogP contribution in [0.2, 0.25) is 0 Å². The van der Waals surface area contributed by atoms with Crippen molar-refractivity contribution < 1.29 is 0 Å². The standard InChI is InChI=1S/C29H28N4/c1-17-15-32-19(3)28(17)23-12-25(18(2)30)29-26(13-23)24-7-6-22(21-8-10-31-11-9-21)14-27(24)33(29)16-20-4-5-20/h6-14,20H,2,4-5,15-16,30H2,1,3H3. The lowest BCUT2D eigenvalue weighted by molar-refractivity contribution is 0.664. The lowest BCUT2D eigenvalue weighted by atomic mass is 9.94. The molecule has 6 rings (SSSR count). The molecule has 0 amide bonds. The van der Waals surface area contributed by atoms with Crippen molar-refractivity contribution in [2.75, 3.05) is 6.54 Å². The highest BCUT2D eigenvalue weighted by Crippen LogP contribution is 2.41. The molecule has 4 heteroatoms. The molecular weight excluding hydrogens is 404 g/mol. The summed E-state index contributed by atoms with van der Waals surface area (Å²) in [6.45, 7) is 10.2. The van der Waals surface area contributed by atoms with Gasteiger partial charge in [0.1, 0.15) is 0 Å². The first-order valence-electron chi connectivity index (χ1n) is 11.7. The van der Waals surface area contributed by atoms with Crippen LogP contribution < -0.4 is 5.73 Å². The van der Waals surface area contributed by atoms with Crippen LogP contribution in [0.1, 0.15) is 37.8 Å². The van der Waals surface area contributed by atoms with E-state index >= 15 is 0 Å². The Balaban J connectivity index is 1.68. The third kappa shape index (κ3) is 3.29. The van der Waals surface area contributed by atoms with E-state index in [0.717, 1.165) is 30.3 Å². The minimum Gasteiger partial charge on any atom is -0.399 e. The molecule has 1 aliphatic heterocycles. The zero-order chi connectivity index (χ0) is 22.7. The monoisotopic (exact) mass is 432 g/mol. The minimum absolute atomic E-state index is 0.613. The molecule has 2 aromatic carbocycles. The first kappa shape index (κ1) is 20.0. The molecule has 1 aliphatic carbocycles. The van der Waals surface area contributed by atoms with E-state index in [1.165, 1.54) is 62.5 Å². The SMILES string of the molecule is C=C(N)c1cc(C2=C(C)CN=C2C)cc2c3ccc(-c4ccncc4)cc3n(CC3CC3)c12. The van der Waals surface area contributed by atoms with Crippen LogP contribution in [0.25, 0.3) is 44.2 Å². The molecule has 0 bridgehead atoms. The second kappa shape index (κ2) is 7.45. The fourth-order valence-corrected chi connectivity index (χ4v) is 5.25. The Morgan fingerprint density at radius 2 is 1.79 bits per heavy atom. The zero-order valence-corrected chi connectivity index (χ0v) is 19.2. The molecule has 0 spiro atoms. The summed E-state index contributed by atoms with van der Waals surface area (Å²) in [5.74, 6) is 0.737. The van der Waals surface area contributed by atoms with Crippen LogP contribution in [0.5, 0.6) is 0 Å². The van der Waals surface area contributed by atoms with Gasteiger partial charge < -0.3 is 10.3 Å². The molecule has 1 fully saturated rings. The van der Waals surface area contributed by atoms with Gasteiger partial charge in [0.25, 0.3) is 0 Å². The lowest BCUT2D eigenvalue weighted by Gasteiger charge is -2.14. The Labute approximate surface area is 194 Å². The Morgan fingerprint density at radius 1 is 1.00 bits per heavy atom. The van der Waals surface area contributed by atoms with Gasteiger partial charge in [-0.05, 0) is 85.2 Å². The number of hydrogen-bond donors (Lipinski definition) is 1. The molecule has 2 aromatic heterocycles. The topological polar surface area (TPSA) is 56.2 Å². The Morgan fingerprint density at radius 3 is 2.45 bits per heavy atom. The number of nitrogens with two attached hydrogens (primary N) is 1. The van der Waals surface area contributed by atoms with Crippen molar-refractivity contribution in [2.24, 2.45) is 16.6 Å². The predicted molar refractivity (Wildman–Crippen MR) is 139 cm³/mol. The van der Waals surface area contributed by atoms with E-state index in [2.05, 4.69) is 77.4 Å². The van der Waals surface area contributed by atoms with E-state index in [1.807, 2.05) is 12.4 Å². The molecule has 1 saturated carbocycles. The third-order valence-electron chi connectivity index (χ3n) is 7.09. The summed E-state index contributed by atoms with van der Waals surface area (Å²) in [7, 11) is 0. The smallest absolute Gasteiger partial charge is 0.0610 e. The van der Waals surface area contributed by atoms with Gasteiger partial charge in [-0.1, -0.05) is 18.7 Å². The van der Waals surface area contributed by atoms with Crippen LogP contribution in [-0.2, 0) is 6.54 Å². The van der Waals surface area contributed by atoms with Gasteiger partial charge >= 0.3 is 0 Å². The maximum absolute atomic E-state index is 6.41. The highest BCUT2D eigenvalue weighted by atomic mass is 15.0. The fourth-order valence-electron chi connectivity index (χ4n) is 5.25. The van der Waals surface area contributed by atoms with E-state index in [1.54, 1.807) is 0 Å². The van der Waals surface area contributed by atoms with Gasteiger partial charge in [0.15, 0.2) is 0 Å². The summed E-state index contributed by atoms with van der Waals surface area (Å²) < 4.78 is 2.49. The Kier molecular flexibility index (Phi) is 4.51. The van der Waals surface area contributed by atoms with Crippen molar-refractivity contribution in [1.29, 1.82) is 0 Å². The number of allylic oxidation sites excluding steroid dienone is 1. The summed E-state index contributed by atoms with van der Waals surface area (Å²) in [6, 6.07) is 15.5. The molecular formula is C29H28N4. The maximum Gasteiger partial charge on any atom is 0.0610 e. The van der Waals surface area contributed by atoms with Crippen LogP contribution in [-0.4, -0.2) is 21.8 Å². The molecule has 33 heavy (non-hydrogen) atoms. The molecule has 164 valence electrons. The van der Waals surface area contributed by atoms with Gasteiger partial charge in [0.05, 0.1) is 12.1 Å². The summed E-state index contributed by atoms with van der Waals surface area (Å²) in [5, 5.41) is 2.50. The van der Waals surface area contributed by atoms with E-state index in [9.17, 15) is 0 Å².